The Hall–Kier alpha value is -1.43. The highest BCUT2D eigenvalue weighted by Gasteiger charge is 2.33. The van der Waals surface area contributed by atoms with Gasteiger partial charge in [-0.05, 0) is 30.5 Å². The van der Waals surface area contributed by atoms with Gasteiger partial charge < -0.3 is 15.8 Å². The minimum absolute atomic E-state index is 0.0642. The highest BCUT2D eigenvalue weighted by Crippen LogP contribution is 2.26. The number of likely N-dealkylation sites (tertiary alicyclic amines) is 1. The average Bonchev–Trinajstić information content (AvgIpc) is 2.85. The monoisotopic (exact) mass is 289 g/mol. The van der Waals surface area contributed by atoms with Gasteiger partial charge >= 0.3 is 0 Å². The Morgan fingerprint density at radius 1 is 1.24 bits per heavy atom. The molecule has 2 unspecified atom stereocenters. The van der Waals surface area contributed by atoms with Crippen LogP contribution in [0.4, 0.5) is 5.69 Å². The number of carbonyl (C=O) groups excluding carboxylic acids is 1. The zero-order valence-corrected chi connectivity index (χ0v) is 12.3. The van der Waals surface area contributed by atoms with Gasteiger partial charge in [0, 0.05) is 38.3 Å². The number of fused-ring (bicyclic) bond motifs is 2. The van der Waals surface area contributed by atoms with Gasteiger partial charge in [-0.1, -0.05) is 12.1 Å². The molecule has 2 heterocycles. The summed E-state index contributed by atoms with van der Waals surface area (Å²) in [6, 6.07) is 7.68. The second kappa shape index (κ2) is 6.56. The third-order valence-electron chi connectivity index (χ3n) is 4.25. The van der Waals surface area contributed by atoms with Crippen molar-refractivity contribution in [2.24, 2.45) is 5.73 Å². The molecular formula is C16H23N3O2. The number of nitrogens with one attached hydrogen (secondary N) is 1. The highest BCUT2D eigenvalue weighted by molar-refractivity contribution is 5.90. The third-order valence-corrected chi connectivity index (χ3v) is 4.25. The summed E-state index contributed by atoms with van der Waals surface area (Å²) in [6.07, 6.45) is 3.63. The number of morpholine rings is 1. The number of hydrogen-bond acceptors (Lipinski definition) is 4. The summed E-state index contributed by atoms with van der Waals surface area (Å²) in [6.45, 7) is 3.26. The SMILES string of the molecule is NCc1ccc(NC(=O)CCN2CC3CCC(C2)O3)cc1. The topological polar surface area (TPSA) is 67.6 Å². The minimum Gasteiger partial charge on any atom is -0.372 e. The number of amides is 1. The van der Waals surface area contributed by atoms with E-state index in [-0.39, 0.29) is 5.91 Å². The fourth-order valence-electron chi connectivity index (χ4n) is 3.09. The Kier molecular flexibility index (Phi) is 4.53. The average molecular weight is 289 g/mol. The van der Waals surface area contributed by atoms with Crippen LogP contribution in [0.15, 0.2) is 24.3 Å². The summed E-state index contributed by atoms with van der Waals surface area (Å²) in [4.78, 5) is 14.3. The van der Waals surface area contributed by atoms with Gasteiger partial charge in [0.2, 0.25) is 5.91 Å². The highest BCUT2D eigenvalue weighted by atomic mass is 16.5. The van der Waals surface area contributed by atoms with Crippen molar-refractivity contribution in [3.63, 3.8) is 0 Å². The molecule has 2 atom stereocenters. The number of hydrogen-bond donors (Lipinski definition) is 2. The fourth-order valence-corrected chi connectivity index (χ4v) is 3.09. The van der Waals surface area contributed by atoms with Gasteiger partial charge in [0.1, 0.15) is 0 Å². The molecule has 0 aliphatic carbocycles. The predicted molar refractivity (Wildman–Crippen MR) is 81.9 cm³/mol. The van der Waals surface area contributed by atoms with Crippen molar-refractivity contribution < 1.29 is 9.53 Å². The maximum Gasteiger partial charge on any atom is 0.225 e. The van der Waals surface area contributed by atoms with Crippen molar-refractivity contribution >= 4 is 11.6 Å². The van der Waals surface area contributed by atoms with Crippen LogP contribution in [-0.2, 0) is 16.1 Å². The third kappa shape index (κ3) is 3.81. The number of carbonyl (C=O) groups is 1. The van der Waals surface area contributed by atoms with E-state index in [1.165, 1.54) is 12.8 Å². The van der Waals surface area contributed by atoms with Crippen LogP contribution >= 0.6 is 0 Å². The molecule has 5 nitrogen and oxygen atoms in total. The second-order valence-electron chi connectivity index (χ2n) is 5.92. The molecule has 3 rings (SSSR count). The molecule has 5 heteroatoms. The summed E-state index contributed by atoms with van der Waals surface area (Å²) in [7, 11) is 0. The Bertz CT molecular complexity index is 477. The minimum atomic E-state index is 0.0642. The number of benzene rings is 1. The van der Waals surface area contributed by atoms with E-state index in [2.05, 4.69) is 10.2 Å². The molecule has 0 spiro atoms. The van der Waals surface area contributed by atoms with Crippen molar-refractivity contribution in [1.82, 2.24) is 4.90 Å². The Labute approximate surface area is 125 Å². The first-order chi connectivity index (χ1) is 10.2. The molecule has 1 aromatic carbocycles. The zero-order chi connectivity index (χ0) is 14.7. The first-order valence-electron chi connectivity index (χ1n) is 7.69. The van der Waals surface area contributed by atoms with Crippen molar-refractivity contribution in [2.75, 3.05) is 25.0 Å². The van der Waals surface area contributed by atoms with E-state index >= 15 is 0 Å². The smallest absolute Gasteiger partial charge is 0.225 e. The molecule has 21 heavy (non-hydrogen) atoms. The quantitative estimate of drug-likeness (QED) is 0.858. The molecule has 114 valence electrons. The molecule has 2 saturated heterocycles. The maximum absolute atomic E-state index is 12.0. The van der Waals surface area contributed by atoms with Gasteiger partial charge in [0.15, 0.2) is 0 Å². The van der Waals surface area contributed by atoms with Crippen molar-refractivity contribution in [3.05, 3.63) is 29.8 Å². The van der Waals surface area contributed by atoms with E-state index in [0.717, 1.165) is 30.9 Å². The fraction of sp³-hybridized carbons (Fsp3) is 0.562. The van der Waals surface area contributed by atoms with E-state index in [9.17, 15) is 4.79 Å². The molecule has 2 aliphatic rings. The van der Waals surface area contributed by atoms with Crippen molar-refractivity contribution in [2.45, 2.75) is 38.0 Å². The van der Waals surface area contributed by atoms with E-state index in [1.54, 1.807) is 0 Å². The van der Waals surface area contributed by atoms with Gasteiger partial charge in [-0.15, -0.1) is 0 Å². The van der Waals surface area contributed by atoms with Crippen LogP contribution in [0, 0.1) is 0 Å². The lowest BCUT2D eigenvalue weighted by Crippen LogP contribution is -2.43. The van der Waals surface area contributed by atoms with Crippen LogP contribution < -0.4 is 11.1 Å². The molecule has 2 bridgehead atoms. The molecule has 0 saturated carbocycles. The van der Waals surface area contributed by atoms with Crippen molar-refractivity contribution in [3.8, 4) is 0 Å². The molecule has 2 aliphatic heterocycles. The van der Waals surface area contributed by atoms with Crippen LogP contribution in [0.5, 0.6) is 0 Å². The molecule has 0 radical (unpaired) electrons. The summed E-state index contributed by atoms with van der Waals surface area (Å²) in [5, 5.41) is 2.93. The van der Waals surface area contributed by atoms with E-state index in [0.29, 0.717) is 25.2 Å². The molecule has 1 aromatic rings. The molecule has 1 amide bonds. The Balaban J connectivity index is 1.43. The first kappa shape index (κ1) is 14.5. The van der Waals surface area contributed by atoms with E-state index in [4.69, 9.17) is 10.5 Å². The Morgan fingerprint density at radius 3 is 2.52 bits per heavy atom. The second-order valence-corrected chi connectivity index (χ2v) is 5.92. The van der Waals surface area contributed by atoms with Crippen LogP contribution in [0.25, 0.3) is 0 Å². The largest absolute Gasteiger partial charge is 0.372 e. The van der Waals surface area contributed by atoms with Crippen molar-refractivity contribution in [1.29, 1.82) is 0 Å². The van der Waals surface area contributed by atoms with Gasteiger partial charge in [-0.3, -0.25) is 9.69 Å². The van der Waals surface area contributed by atoms with Crippen LogP contribution in [-0.4, -0.2) is 42.6 Å². The Morgan fingerprint density at radius 2 is 1.90 bits per heavy atom. The van der Waals surface area contributed by atoms with E-state index < -0.39 is 0 Å². The number of rotatable bonds is 5. The van der Waals surface area contributed by atoms with Gasteiger partial charge in [-0.25, -0.2) is 0 Å². The molecule has 3 N–H and O–H groups in total. The lowest BCUT2D eigenvalue weighted by atomic mass is 10.2. The molecular weight excluding hydrogens is 266 g/mol. The van der Waals surface area contributed by atoms with Gasteiger partial charge in [-0.2, -0.15) is 0 Å². The summed E-state index contributed by atoms with van der Waals surface area (Å²) < 4.78 is 5.80. The number of anilines is 1. The summed E-state index contributed by atoms with van der Waals surface area (Å²) in [5.41, 5.74) is 7.45. The van der Waals surface area contributed by atoms with Gasteiger partial charge in [0.05, 0.1) is 12.2 Å². The van der Waals surface area contributed by atoms with Gasteiger partial charge in [0.25, 0.3) is 0 Å². The normalized spacial score (nSPS) is 25.0. The zero-order valence-electron chi connectivity index (χ0n) is 12.3. The lowest BCUT2D eigenvalue weighted by Gasteiger charge is -2.31. The molecule has 2 fully saturated rings. The summed E-state index contributed by atoms with van der Waals surface area (Å²) in [5.74, 6) is 0.0642. The predicted octanol–water partition coefficient (Wildman–Crippen LogP) is 1.34. The number of nitrogens with two attached hydrogens (primary N) is 1. The maximum atomic E-state index is 12.0. The standard InChI is InChI=1S/C16H23N3O2/c17-9-12-1-3-13(4-2-12)18-16(20)7-8-19-10-14-5-6-15(11-19)21-14/h1-4,14-15H,5-11,17H2,(H,18,20). The van der Waals surface area contributed by atoms with Crippen LogP contribution in [0.3, 0.4) is 0 Å². The number of nitrogens with zero attached hydrogens (tertiary/aromatic N) is 1. The number of ether oxygens (including phenoxy) is 1. The van der Waals surface area contributed by atoms with Crippen LogP contribution in [0.2, 0.25) is 0 Å². The first-order valence-corrected chi connectivity index (χ1v) is 7.69. The van der Waals surface area contributed by atoms with E-state index in [1.807, 2.05) is 24.3 Å². The van der Waals surface area contributed by atoms with Crippen LogP contribution in [0.1, 0.15) is 24.8 Å². The molecule has 0 aromatic heterocycles. The summed E-state index contributed by atoms with van der Waals surface area (Å²) >= 11 is 0. The lowest BCUT2D eigenvalue weighted by molar-refractivity contribution is -0.117.